The van der Waals surface area contributed by atoms with Gasteiger partial charge in [-0.3, -0.25) is 0 Å². The zero-order chi connectivity index (χ0) is 33.1. The fourth-order valence-electron chi connectivity index (χ4n) is 4.60. The van der Waals surface area contributed by atoms with Crippen molar-refractivity contribution in [2.24, 2.45) is 23.3 Å². The van der Waals surface area contributed by atoms with Gasteiger partial charge in [-0.25, -0.2) is 19.2 Å². The van der Waals surface area contributed by atoms with E-state index < -0.39 is 48.2 Å². The number of primary amides is 2. The fraction of sp³-hybridized carbons (Fsp3) is 0.212. The topological polar surface area (TPSA) is 198 Å². The molecule has 4 atom stereocenters. The molecule has 6 N–H and O–H groups in total. The molecule has 0 aliphatic carbocycles. The molecule has 0 saturated carbocycles. The molecule has 0 radical (unpaired) electrons. The highest BCUT2D eigenvalue weighted by atomic mass is 16.6. The quantitative estimate of drug-likeness (QED) is 0.160. The molecule has 12 nitrogen and oxygen atoms in total. The first-order valence-electron chi connectivity index (χ1n) is 13.6. The van der Waals surface area contributed by atoms with Gasteiger partial charge in [0.2, 0.25) is 0 Å². The Morgan fingerprint density at radius 3 is 1.53 bits per heavy atom. The van der Waals surface area contributed by atoms with Gasteiger partial charge in [0.1, 0.15) is 23.7 Å². The summed E-state index contributed by atoms with van der Waals surface area (Å²) in [5, 5.41) is 19.7. The van der Waals surface area contributed by atoms with Crippen molar-refractivity contribution in [2.75, 3.05) is 13.2 Å². The first kappa shape index (κ1) is 33.7. The number of hydrogen-bond donors (Lipinski definition) is 4. The number of carboxylic acids is 2. The summed E-state index contributed by atoms with van der Waals surface area (Å²) in [4.78, 5) is 48.4. The van der Waals surface area contributed by atoms with Crippen LogP contribution >= 0.6 is 0 Å². The van der Waals surface area contributed by atoms with Crippen molar-refractivity contribution in [3.8, 4) is 11.5 Å². The molecular weight excluding hydrogens is 584 g/mol. The summed E-state index contributed by atoms with van der Waals surface area (Å²) in [5.74, 6) is -4.18. The van der Waals surface area contributed by atoms with Crippen LogP contribution in [0.1, 0.15) is 28.9 Å². The van der Waals surface area contributed by atoms with E-state index in [-0.39, 0.29) is 35.5 Å². The summed E-state index contributed by atoms with van der Waals surface area (Å²) in [6.45, 7) is 8.47. The van der Waals surface area contributed by atoms with Crippen molar-refractivity contribution in [1.29, 1.82) is 0 Å². The normalized spacial score (nSPS) is 13.3. The molecule has 3 aromatic rings. The smallest absolute Gasteiger partial charge is 0.405 e. The van der Waals surface area contributed by atoms with Gasteiger partial charge in [0.05, 0.1) is 25.0 Å². The molecule has 45 heavy (non-hydrogen) atoms. The highest BCUT2D eigenvalue weighted by molar-refractivity contribution is 5.87. The fourth-order valence-corrected chi connectivity index (χ4v) is 4.60. The number of carbonyl (C=O) groups is 4. The van der Waals surface area contributed by atoms with E-state index in [0.29, 0.717) is 17.1 Å². The molecular formula is C33H34N2O10. The van der Waals surface area contributed by atoms with Gasteiger partial charge in [-0.05, 0) is 53.9 Å². The van der Waals surface area contributed by atoms with Crippen molar-refractivity contribution in [3.05, 3.63) is 120 Å². The summed E-state index contributed by atoms with van der Waals surface area (Å²) < 4.78 is 22.5. The van der Waals surface area contributed by atoms with Crippen LogP contribution in [0.3, 0.4) is 0 Å². The number of ether oxygens (including phenoxy) is 4. The summed E-state index contributed by atoms with van der Waals surface area (Å²) in [5.41, 5.74) is 11.2. The van der Waals surface area contributed by atoms with Crippen LogP contribution in [0.2, 0.25) is 0 Å². The Hall–Kier alpha value is -5.78. The molecule has 0 spiro atoms. The Morgan fingerprint density at radius 2 is 1.11 bits per heavy atom. The van der Waals surface area contributed by atoms with Crippen LogP contribution in [0.15, 0.2) is 103 Å². The van der Waals surface area contributed by atoms with E-state index in [1.807, 2.05) is 0 Å². The molecule has 0 heterocycles. The number of para-hydroxylation sites is 2. The molecule has 0 saturated heterocycles. The Bertz CT molecular complexity index is 1540. The lowest BCUT2D eigenvalue weighted by atomic mass is 9.84. The minimum atomic E-state index is -1.37. The molecule has 4 unspecified atom stereocenters. The highest BCUT2D eigenvalue weighted by Gasteiger charge is 2.37. The van der Waals surface area contributed by atoms with Crippen LogP contribution in [0.25, 0.3) is 0 Å². The minimum Gasteiger partial charge on any atom is -0.493 e. The monoisotopic (exact) mass is 618 g/mol. The van der Waals surface area contributed by atoms with Gasteiger partial charge in [0.15, 0.2) is 0 Å². The van der Waals surface area contributed by atoms with Crippen molar-refractivity contribution in [1.82, 2.24) is 0 Å². The maximum absolute atomic E-state index is 12.1. The number of benzene rings is 3. The van der Waals surface area contributed by atoms with Gasteiger partial charge in [-0.2, -0.15) is 0 Å². The van der Waals surface area contributed by atoms with Crippen LogP contribution in [0.4, 0.5) is 9.59 Å². The number of aliphatic carboxylic acids is 2. The summed E-state index contributed by atoms with van der Waals surface area (Å²) in [6, 6.07) is 21.7. The highest BCUT2D eigenvalue weighted by Crippen LogP contribution is 2.38. The molecule has 12 heteroatoms. The number of nitrogens with two attached hydrogens (primary N) is 2. The first-order valence-corrected chi connectivity index (χ1v) is 13.6. The van der Waals surface area contributed by atoms with Gasteiger partial charge in [0, 0.05) is 11.1 Å². The molecule has 0 bridgehead atoms. The third kappa shape index (κ3) is 9.35. The van der Waals surface area contributed by atoms with Crippen LogP contribution in [-0.2, 0) is 19.1 Å². The van der Waals surface area contributed by atoms with E-state index in [1.54, 1.807) is 79.7 Å². The second-order valence-electron chi connectivity index (χ2n) is 9.95. The second-order valence-corrected chi connectivity index (χ2v) is 9.95. The average Bonchev–Trinajstić information content (AvgIpc) is 3.00. The number of amides is 2. The molecule has 0 aliphatic heterocycles. The van der Waals surface area contributed by atoms with Gasteiger partial charge < -0.3 is 40.6 Å². The molecule has 0 aromatic heterocycles. The lowest BCUT2D eigenvalue weighted by Crippen LogP contribution is -2.32. The van der Waals surface area contributed by atoms with Crippen molar-refractivity contribution in [2.45, 2.75) is 19.1 Å². The molecule has 3 rings (SSSR count). The SMILES string of the molecule is C=C(C(=O)O)C(COc1ccccc1)C(OC(N)=O)c1ccc(C)c(C(OC(N)=O)C(COc2ccccc2)C(=C)C(=O)O)c1. The first-order chi connectivity index (χ1) is 21.4. The molecule has 0 aliphatic rings. The van der Waals surface area contributed by atoms with Crippen LogP contribution in [0, 0.1) is 18.8 Å². The van der Waals surface area contributed by atoms with Gasteiger partial charge in [-0.15, -0.1) is 0 Å². The number of carboxylic acid groups (broad SMARTS) is 2. The standard InChI is InChI=1S/C33H34N2O10/c1-19-14-15-22(28(44-32(34)40)26(20(2)30(36)37)17-42-23-10-6-4-7-11-23)16-25(19)29(45-33(35)41)27(21(3)31(38)39)18-43-24-12-8-5-9-13-24/h4-16,26-29H,2-3,17-18H2,1H3,(H2,34,40)(H2,35,41)(H,36,37)(H,38,39). The predicted molar refractivity (Wildman–Crippen MR) is 162 cm³/mol. The Balaban J connectivity index is 2.11. The third-order valence-electron chi connectivity index (χ3n) is 6.95. The number of hydrogen-bond acceptors (Lipinski definition) is 8. The molecule has 236 valence electrons. The number of carbonyl (C=O) groups excluding carboxylic acids is 2. The molecule has 2 amide bonds. The Morgan fingerprint density at radius 1 is 0.689 bits per heavy atom. The average molecular weight is 619 g/mol. The van der Waals surface area contributed by atoms with Crippen LogP contribution in [-0.4, -0.2) is 47.6 Å². The summed E-state index contributed by atoms with van der Waals surface area (Å²) in [7, 11) is 0. The maximum Gasteiger partial charge on any atom is 0.405 e. The van der Waals surface area contributed by atoms with Crippen molar-refractivity contribution >= 4 is 24.1 Å². The van der Waals surface area contributed by atoms with Crippen molar-refractivity contribution in [3.63, 3.8) is 0 Å². The lowest BCUT2D eigenvalue weighted by molar-refractivity contribution is -0.134. The predicted octanol–water partition coefficient (Wildman–Crippen LogP) is 4.94. The largest absolute Gasteiger partial charge is 0.493 e. The summed E-state index contributed by atoms with van der Waals surface area (Å²) >= 11 is 0. The number of rotatable bonds is 16. The molecule has 0 fully saturated rings. The summed E-state index contributed by atoms with van der Waals surface area (Å²) in [6.07, 6.45) is -5.09. The third-order valence-corrected chi connectivity index (χ3v) is 6.95. The van der Waals surface area contributed by atoms with E-state index in [1.165, 1.54) is 6.07 Å². The van der Waals surface area contributed by atoms with Gasteiger partial charge in [-0.1, -0.05) is 61.7 Å². The van der Waals surface area contributed by atoms with Gasteiger partial charge >= 0.3 is 24.1 Å². The van der Waals surface area contributed by atoms with Gasteiger partial charge in [0.25, 0.3) is 0 Å². The zero-order valence-corrected chi connectivity index (χ0v) is 24.5. The second kappa shape index (κ2) is 15.6. The number of aryl methyl sites for hydroxylation is 1. The van der Waals surface area contributed by atoms with Crippen LogP contribution in [0.5, 0.6) is 11.5 Å². The Labute approximate surface area is 259 Å². The van der Waals surface area contributed by atoms with E-state index in [2.05, 4.69) is 13.2 Å². The van der Waals surface area contributed by atoms with E-state index in [4.69, 9.17) is 30.4 Å². The molecule has 3 aromatic carbocycles. The minimum absolute atomic E-state index is 0.222. The lowest BCUT2D eigenvalue weighted by Gasteiger charge is -2.30. The maximum atomic E-state index is 12.1. The van der Waals surface area contributed by atoms with E-state index >= 15 is 0 Å². The zero-order valence-electron chi connectivity index (χ0n) is 24.5. The van der Waals surface area contributed by atoms with E-state index in [9.17, 15) is 29.4 Å². The van der Waals surface area contributed by atoms with Crippen molar-refractivity contribution < 1.29 is 48.3 Å². The Kier molecular flexibility index (Phi) is 11.7. The van der Waals surface area contributed by atoms with Crippen LogP contribution < -0.4 is 20.9 Å². The van der Waals surface area contributed by atoms with E-state index in [0.717, 1.165) is 0 Å².